The number of imidazole rings is 4. The van der Waals surface area contributed by atoms with Gasteiger partial charge in [-0.1, -0.05) is 114 Å². The zero-order chi connectivity index (χ0) is 91.1. The van der Waals surface area contributed by atoms with E-state index in [1.54, 1.807) is 79.5 Å². The molecule has 0 unspecified atom stereocenters. The molecule has 678 valence electrons. The Hall–Kier alpha value is -10.4. The fraction of sp³-hybridized carbons (Fsp3) is 0.337. The first-order valence-corrected chi connectivity index (χ1v) is 40.3. The van der Waals surface area contributed by atoms with E-state index in [2.05, 4.69) is 55.6 Å². The SMILES string of the molecule is C.C=CC(=O)N1CCN(c2nc(=O)n(-c3ccc4c(ncn4C)c3C(C)C)c3nc(-c4ccccc4F)c(Cl)cc23)[C@@H](C)C1.CC(C)c1c(N)ccc2c1ncn2C.CC(C)c1c([N+](=O)[O-])ccc2c1ncn2C.CCOC(OCC)OCC.CNc1ccc([N+](=O)[O-])cc1N.C[CH-]C.Cn1cnc2cc([N+](=O)[O-])ccc21.NC(=O)c1cc(Cl)c(Cl)nc1Cl.[Cl-].[Cl-].[Li+].[Mg+2]. The number of ether oxygens (including phenoxy) is 3. The van der Waals surface area contributed by atoms with Crippen molar-refractivity contribution in [2.75, 3.05) is 68.2 Å². The molecule has 7 N–H and O–H groups in total. The largest absolute Gasteiger partial charge is 2.00 e. The molecule has 0 radical (unpaired) electrons. The van der Waals surface area contributed by atoms with Crippen LogP contribution in [-0.2, 0) is 47.2 Å². The van der Waals surface area contributed by atoms with E-state index < -0.39 is 33.7 Å². The molecule has 0 spiro atoms. The van der Waals surface area contributed by atoms with E-state index in [1.807, 2.05) is 158 Å². The maximum atomic E-state index is 15.0. The maximum Gasteiger partial charge on any atom is 2.00 e. The second kappa shape index (κ2) is 52.9. The molecule has 0 saturated carbocycles. The quantitative estimate of drug-likeness (QED) is 0.00908. The van der Waals surface area contributed by atoms with Crippen LogP contribution < -0.4 is 76.8 Å². The van der Waals surface area contributed by atoms with Crippen LogP contribution in [0.25, 0.3) is 72.1 Å². The second-order valence-electron chi connectivity index (χ2n) is 28.5. The third kappa shape index (κ3) is 28.3. The van der Waals surface area contributed by atoms with E-state index in [1.165, 1.54) is 47.0 Å². The Morgan fingerprint density at radius 3 is 1.61 bits per heavy atom. The van der Waals surface area contributed by atoms with Crippen LogP contribution in [0.3, 0.4) is 0 Å². The van der Waals surface area contributed by atoms with Gasteiger partial charge in [0.1, 0.15) is 21.9 Å². The monoisotopic (exact) mass is 1880 g/mol. The van der Waals surface area contributed by atoms with Gasteiger partial charge in [-0.25, -0.2) is 43.7 Å². The molecule has 1 atom stereocenters. The fourth-order valence-electron chi connectivity index (χ4n) is 13.0. The average Bonchev–Trinajstić information content (AvgIpc) is 0.963. The van der Waals surface area contributed by atoms with Crippen molar-refractivity contribution in [3.05, 3.63) is 243 Å². The van der Waals surface area contributed by atoms with Crippen molar-refractivity contribution < 1.29 is 86.6 Å². The number of aromatic nitrogens is 12. The molecule has 128 heavy (non-hydrogen) atoms. The van der Waals surface area contributed by atoms with Crippen LogP contribution in [0.4, 0.5) is 44.3 Å². The molecule has 14 rings (SSSR count). The summed E-state index contributed by atoms with van der Waals surface area (Å²) in [6, 6.07) is 29.1. The molecule has 2 amide bonds. The number of primary amides is 1. The maximum absolute atomic E-state index is 15.0. The smallest absolute Gasteiger partial charge is 1.00 e. The minimum Gasteiger partial charge on any atom is -1.00 e. The Morgan fingerprint density at radius 1 is 0.641 bits per heavy atom. The van der Waals surface area contributed by atoms with E-state index in [-0.39, 0.29) is 157 Å². The number of nitrogens with one attached hydrogen (secondary N) is 1. The third-order valence-corrected chi connectivity index (χ3v) is 20.0. The Labute approximate surface area is 802 Å². The topological polar surface area (TPSA) is 420 Å². The first-order valence-electron chi connectivity index (χ1n) is 38.8. The molecule has 13 aromatic rings. The summed E-state index contributed by atoms with van der Waals surface area (Å²) in [4.78, 5) is 102. The van der Waals surface area contributed by atoms with Crippen molar-refractivity contribution >= 4 is 176 Å². The fourth-order valence-corrected chi connectivity index (χ4v) is 13.9. The van der Waals surface area contributed by atoms with Gasteiger partial charge in [0.15, 0.2) is 5.65 Å². The van der Waals surface area contributed by atoms with Crippen LogP contribution in [-0.4, -0.2) is 171 Å². The summed E-state index contributed by atoms with van der Waals surface area (Å²) in [5.74, 6) is -0.407. The number of rotatable bonds is 18. The van der Waals surface area contributed by atoms with Crippen molar-refractivity contribution in [3.8, 4) is 16.9 Å². The molecule has 0 aliphatic carbocycles. The number of carbonyl (C=O) groups excluding carboxylic acids is 2. The summed E-state index contributed by atoms with van der Waals surface area (Å²) >= 11 is 23.4. The Kier molecular flexibility index (Phi) is 47.0. The van der Waals surface area contributed by atoms with Gasteiger partial charge in [-0.3, -0.25) is 39.9 Å². The number of halogens is 7. The number of piperazine rings is 1. The zero-order valence-corrected chi connectivity index (χ0v) is 79.7. The van der Waals surface area contributed by atoms with Gasteiger partial charge in [0.25, 0.3) is 29.4 Å². The Morgan fingerprint density at radius 2 is 1.12 bits per heavy atom. The molecule has 0 bridgehead atoms. The van der Waals surface area contributed by atoms with E-state index in [4.69, 9.17) is 82.8 Å². The van der Waals surface area contributed by atoms with Crippen LogP contribution in [0.15, 0.2) is 152 Å². The molecule has 42 heteroatoms. The predicted molar refractivity (Wildman–Crippen MR) is 497 cm³/mol. The summed E-state index contributed by atoms with van der Waals surface area (Å²) in [7, 11) is 9.35. The standard InChI is InChI=1S/C32H31ClFN7O2.C11H13N3O2.C11H15N3.C8H7N3O2.C7H9N3O2.C7H16O3.C6H3Cl3N2O.C3H7.CH4.2ClH.Li.Mg/c1-6-26(42)39-13-14-40(19(4)16-39)30-21-15-22(33)28(20-9-7-8-10-23(20)34)36-31(21)41(32(43)37-30)24-11-12-25-29(27(24)18(2)3)35-17-38(25)5;1-7(2)10-8(14(15)16)4-5-9-11(10)12-6-13(9)3;1-7(2)10-8(12)4-5-9-11(10)13-6-14(9)3;1-10-5-9-7-4-6(11(12)13)2-3-8(7)10;1-9-7-3-2-5(10(11)12)4-6(7)8;1-4-8-7(9-5-2)10-6-3;7-3-1-2(6(10)12)4(8)11-5(3)9;1-3-2;;;;;/h6-12,15,17-19H,1,13-14,16H2,2-5H3;4-7H,1-3H3;4-7H,12H2,1-3H3;2-5H,1H3;2-4,9H,8H2,1H3;7H,4-6H2,1-3H3;1H,(H2,10,12);3H,1-2H3;1H4;2*1H;;/q;;;;;;;-1;;;;+1;+2/p-2/t19-;;;;;;;;;;;;/m0............/s1. The predicted octanol–water partition coefficient (Wildman–Crippen LogP) is 9.08. The van der Waals surface area contributed by atoms with Gasteiger partial charge >= 0.3 is 47.6 Å². The molecular formula is C86H105Cl6FLiMgN21O12. The molecule has 8 heterocycles. The normalized spacial score (nSPS) is 11.8. The number of benzene rings is 6. The number of nitrogens with two attached hydrogens (primary N) is 3. The number of non-ortho nitro benzene ring substituents is 2. The molecule has 6 aromatic carbocycles. The molecular weight excluding hydrogens is 1780 g/mol. The van der Waals surface area contributed by atoms with Gasteiger partial charge in [0, 0.05) is 133 Å². The summed E-state index contributed by atoms with van der Waals surface area (Å²) in [5.41, 5.74) is 29.2. The number of pyridine rings is 2. The number of fused-ring (bicyclic) bond motifs is 5. The Balaban J connectivity index is 0.000000546. The van der Waals surface area contributed by atoms with Gasteiger partial charge < -0.3 is 96.0 Å². The van der Waals surface area contributed by atoms with Crippen LogP contribution >= 0.6 is 46.4 Å². The molecule has 7 aromatic heterocycles. The van der Waals surface area contributed by atoms with Gasteiger partial charge in [-0.05, 0) is 118 Å². The first kappa shape index (κ1) is 114. The summed E-state index contributed by atoms with van der Waals surface area (Å²) in [6.07, 6.45) is 10.2. The average molecular weight is 1890 g/mol. The molecule has 33 nitrogen and oxygen atoms in total. The van der Waals surface area contributed by atoms with Crippen molar-refractivity contribution in [1.29, 1.82) is 0 Å². The molecule has 1 fully saturated rings. The number of nitro benzene ring substituents is 3. The van der Waals surface area contributed by atoms with Crippen LogP contribution in [0.1, 0.15) is 135 Å². The van der Waals surface area contributed by atoms with Gasteiger partial charge in [0.05, 0.1) is 134 Å². The summed E-state index contributed by atoms with van der Waals surface area (Å²) in [6.45, 7) is 30.2. The molecule has 1 aliphatic heterocycles. The van der Waals surface area contributed by atoms with Gasteiger partial charge in [-0.2, -0.15) is 18.8 Å². The molecule has 1 aliphatic rings. The summed E-state index contributed by atoms with van der Waals surface area (Å²) < 4.78 is 39.4. The molecule has 1 saturated heterocycles. The number of carbonyl (C=O) groups is 2. The zero-order valence-electron chi connectivity index (χ0n) is 73.8. The van der Waals surface area contributed by atoms with E-state index in [0.717, 1.165) is 55.4 Å². The van der Waals surface area contributed by atoms with Crippen molar-refractivity contribution in [3.63, 3.8) is 0 Å². The second-order valence-corrected chi connectivity index (χ2v) is 30.0. The number of nitrogen functional groups attached to an aromatic ring is 2. The number of nitro groups is 3. The van der Waals surface area contributed by atoms with Crippen LogP contribution in [0.5, 0.6) is 0 Å². The van der Waals surface area contributed by atoms with Gasteiger partial charge in [-0.15, -0.1) is 0 Å². The number of nitrogens with zero attached hydrogens (tertiary/aromatic N) is 17. The van der Waals surface area contributed by atoms with Crippen molar-refractivity contribution in [2.24, 2.45) is 33.9 Å². The van der Waals surface area contributed by atoms with Crippen LogP contribution in [0, 0.1) is 42.6 Å². The van der Waals surface area contributed by atoms with Crippen molar-refractivity contribution in [1.82, 2.24) is 62.6 Å². The van der Waals surface area contributed by atoms with E-state index in [9.17, 15) is 44.7 Å². The minimum atomic E-state index is -0.689. The van der Waals surface area contributed by atoms with Crippen molar-refractivity contribution in [2.45, 2.75) is 121 Å². The van der Waals surface area contributed by atoms with E-state index in [0.29, 0.717) is 90.4 Å². The number of aryl methyl sites for hydroxylation is 4. The van der Waals surface area contributed by atoms with Crippen LogP contribution in [0.2, 0.25) is 20.4 Å². The summed E-state index contributed by atoms with van der Waals surface area (Å²) in [5, 5.41) is 35.4. The Bertz CT molecular complexity index is 6010. The first-order chi connectivity index (χ1) is 58.3. The number of anilines is 4. The number of hydrogen-bond donors (Lipinski definition) is 4. The minimum absolute atomic E-state index is 0. The van der Waals surface area contributed by atoms with Gasteiger partial charge in [0.2, 0.25) is 5.91 Å². The third-order valence-electron chi connectivity index (χ3n) is 18.8. The number of amides is 2. The van der Waals surface area contributed by atoms with E-state index >= 15 is 4.39 Å². The number of hydrogen-bond acceptors (Lipinski definition) is 23.